The van der Waals surface area contributed by atoms with E-state index in [4.69, 9.17) is 0 Å². The summed E-state index contributed by atoms with van der Waals surface area (Å²) in [5, 5.41) is 19.0. The maximum absolute atomic E-state index is 11.6. The minimum Gasteiger partial charge on any atom is -0.393 e. The molecule has 0 aliphatic heterocycles. The number of aliphatic imine (C=N–C) groups is 1. The largest absolute Gasteiger partial charge is 0.393 e. The molecule has 0 heterocycles. The smallest absolute Gasteiger partial charge is 0.222 e. The van der Waals surface area contributed by atoms with Crippen molar-refractivity contribution in [3.05, 3.63) is 0 Å². The van der Waals surface area contributed by atoms with Crippen molar-refractivity contribution in [2.24, 2.45) is 4.99 Å². The van der Waals surface area contributed by atoms with Crippen molar-refractivity contribution in [1.82, 2.24) is 16.0 Å². The maximum atomic E-state index is 11.6. The Hall–Kier alpha value is -1.30. The van der Waals surface area contributed by atoms with Gasteiger partial charge in [0.05, 0.1) is 12.6 Å². The van der Waals surface area contributed by atoms with Crippen molar-refractivity contribution in [3.8, 4) is 0 Å². The highest BCUT2D eigenvalue weighted by Gasteiger charge is 2.19. The van der Waals surface area contributed by atoms with E-state index >= 15 is 0 Å². The standard InChI is InChI=1S/C15H30N4O2/c1-4-16-15(17-10-9-14(21)18-11(2)3)19-12-5-7-13(20)8-6-12/h11-13,20H,4-10H2,1-3H3,(H,18,21)(H2,16,17,19). The zero-order valence-corrected chi connectivity index (χ0v) is 13.5. The summed E-state index contributed by atoms with van der Waals surface area (Å²) >= 11 is 0. The molecule has 6 nitrogen and oxygen atoms in total. The van der Waals surface area contributed by atoms with Gasteiger partial charge in [-0.15, -0.1) is 0 Å². The van der Waals surface area contributed by atoms with E-state index in [0.717, 1.165) is 38.2 Å². The lowest BCUT2D eigenvalue weighted by molar-refractivity contribution is -0.121. The van der Waals surface area contributed by atoms with E-state index in [2.05, 4.69) is 20.9 Å². The Morgan fingerprint density at radius 1 is 1.29 bits per heavy atom. The van der Waals surface area contributed by atoms with E-state index in [0.29, 0.717) is 19.0 Å². The summed E-state index contributed by atoms with van der Waals surface area (Å²) in [6.07, 6.45) is 3.85. The second kappa shape index (κ2) is 9.60. The number of hydrogen-bond donors (Lipinski definition) is 4. The molecule has 6 heteroatoms. The maximum Gasteiger partial charge on any atom is 0.222 e. The zero-order chi connectivity index (χ0) is 15.7. The van der Waals surface area contributed by atoms with Gasteiger partial charge in [-0.05, 0) is 46.5 Å². The Bertz CT molecular complexity index is 337. The van der Waals surface area contributed by atoms with Gasteiger partial charge in [-0.25, -0.2) is 0 Å². The van der Waals surface area contributed by atoms with Gasteiger partial charge in [0.2, 0.25) is 5.91 Å². The van der Waals surface area contributed by atoms with Crippen molar-refractivity contribution in [1.29, 1.82) is 0 Å². The molecule has 0 spiro atoms. The number of rotatable bonds is 6. The SMILES string of the molecule is CCNC(=NCCC(=O)NC(C)C)NC1CCC(O)CC1. The fourth-order valence-corrected chi connectivity index (χ4v) is 2.40. The zero-order valence-electron chi connectivity index (χ0n) is 13.5. The Morgan fingerprint density at radius 2 is 1.95 bits per heavy atom. The summed E-state index contributed by atoms with van der Waals surface area (Å²) in [7, 11) is 0. The quantitative estimate of drug-likeness (QED) is 0.431. The van der Waals surface area contributed by atoms with E-state index < -0.39 is 0 Å². The summed E-state index contributed by atoms with van der Waals surface area (Å²) in [6, 6.07) is 0.525. The van der Waals surface area contributed by atoms with Crippen LogP contribution in [-0.4, -0.2) is 48.3 Å². The van der Waals surface area contributed by atoms with Gasteiger partial charge in [-0.3, -0.25) is 9.79 Å². The molecule has 0 unspecified atom stereocenters. The number of hydrogen-bond acceptors (Lipinski definition) is 3. The Balaban J connectivity index is 2.37. The number of nitrogens with zero attached hydrogens (tertiary/aromatic N) is 1. The first kappa shape index (κ1) is 17.8. The number of carbonyl (C=O) groups is 1. The third-order valence-electron chi connectivity index (χ3n) is 3.44. The predicted octanol–water partition coefficient (Wildman–Crippen LogP) is 0.760. The number of carbonyl (C=O) groups excluding carboxylic acids is 1. The average molecular weight is 298 g/mol. The second-order valence-electron chi connectivity index (χ2n) is 5.88. The van der Waals surface area contributed by atoms with Gasteiger partial charge < -0.3 is 21.1 Å². The molecule has 1 rings (SSSR count). The Labute approximate surface area is 127 Å². The lowest BCUT2D eigenvalue weighted by atomic mass is 9.93. The van der Waals surface area contributed by atoms with Crippen molar-refractivity contribution in [2.45, 2.75) is 71.1 Å². The normalized spacial score (nSPS) is 23.0. The van der Waals surface area contributed by atoms with Crippen LogP contribution in [0.3, 0.4) is 0 Å². The van der Waals surface area contributed by atoms with Crippen LogP contribution in [0.15, 0.2) is 4.99 Å². The van der Waals surface area contributed by atoms with Crippen LogP contribution < -0.4 is 16.0 Å². The van der Waals surface area contributed by atoms with Crippen LogP contribution in [0.25, 0.3) is 0 Å². The number of aliphatic hydroxyl groups excluding tert-OH is 1. The molecule has 21 heavy (non-hydrogen) atoms. The highest BCUT2D eigenvalue weighted by molar-refractivity contribution is 5.81. The van der Waals surface area contributed by atoms with Crippen molar-refractivity contribution < 1.29 is 9.90 Å². The first-order valence-electron chi connectivity index (χ1n) is 8.03. The highest BCUT2D eigenvalue weighted by Crippen LogP contribution is 2.18. The summed E-state index contributed by atoms with van der Waals surface area (Å²) in [5.74, 6) is 0.793. The van der Waals surface area contributed by atoms with Crippen molar-refractivity contribution >= 4 is 11.9 Å². The molecule has 4 N–H and O–H groups in total. The van der Waals surface area contributed by atoms with Gasteiger partial charge in [0.25, 0.3) is 0 Å². The van der Waals surface area contributed by atoms with Crippen molar-refractivity contribution in [3.63, 3.8) is 0 Å². The van der Waals surface area contributed by atoms with Gasteiger partial charge in [-0.2, -0.15) is 0 Å². The molecule has 1 fully saturated rings. The molecule has 0 bridgehead atoms. The van der Waals surface area contributed by atoms with Crippen LogP contribution >= 0.6 is 0 Å². The van der Waals surface area contributed by atoms with Crippen LogP contribution in [0.1, 0.15) is 52.9 Å². The van der Waals surface area contributed by atoms with Crippen LogP contribution in [0.4, 0.5) is 0 Å². The van der Waals surface area contributed by atoms with Crippen LogP contribution in [-0.2, 0) is 4.79 Å². The molecule has 0 saturated heterocycles. The van der Waals surface area contributed by atoms with Crippen molar-refractivity contribution in [2.75, 3.05) is 13.1 Å². The number of amides is 1. The van der Waals surface area contributed by atoms with E-state index in [1.165, 1.54) is 0 Å². The lowest BCUT2D eigenvalue weighted by Gasteiger charge is -2.27. The lowest BCUT2D eigenvalue weighted by Crippen LogP contribution is -2.45. The minimum atomic E-state index is -0.151. The number of guanidine groups is 1. The first-order valence-corrected chi connectivity index (χ1v) is 8.03. The molecular formula is C15H30N4O2. The van der Waals surface area contributed by atoms with E-state index in [9.17, 15) is 9.90 Å². The van der Waals surface area contributed by atoms with Gasteiger partial charge in [0.15, 0.2) is 5.96 Å². The molecule has 0 atom stereocenters. The molecule has 1 saturated carbocycles. The first-order chi connectivity index (χ1) is 10.0. The summed E-state index contributed by atoms with van der Waals surface area (Å²) in [5.41, 5.74) is 0. The second-order valence-corrected chi connectivity index (χ2v) is 5.88. The fourth-order valence-electron chi connectivity index (χ4n) is 2.40. The van der Waals surface area contributed by atoms with Gasteiger partial charge in [0.1, 0.15) is 0 Å². The summed E-state index contributed by atoms with van der Waals surface area (Å²) in [6.45, 7) is 7.18. The molecule has 1 aliphatic carbocycles. The summed E-state index contributed by atoms with van der Waals surface area (Å²) in [4.78, 5) is 16.0. The molecule has 1 amide bonds. The highest BCUT2D eigenvalue weighted by atomic mass is 16.3. The van der Waals surface area contributed by atoms with Gasteiger partial charge in [-0.1, -0.05) is 0 Å². The molecular weight excluding hydrogens is 268 g/mol. The molecule has 122 valence electrons. The molecule has 0 aromatic heterocycles. The fraction of sp³-hybridized carbons (Fsp3) is 0.867. The monoisotopic (exact) mass is 298 g/mol. The van der Waals surface area contributed by atoms with E-state index in [1.54, 1.807) is 0 Å². The number of aliphatic hydroxyl groups is 1. The van der Waals surface area contributed by atoms with Crippen LogP contribution in [0.2, 0.25) is 0 Å². The third-order valence-corrected chi connectivity index (χ3v) is 3.44. The van der Waals surface area contributed by atoms with E-state index in [1.807, 2.05) is 20.8 Å². The van der Waals surface area contributed by atoms with Crippen LogP contribution in [0, 0.1) is 0 Å². The Kier molecular flexibility index (Phi) is 8.12. The third kappa shape index (κ3) is 7.90. The van der Waals surface area contributed by atoms with Gasteiger partial charge in [0, 0.05) is 25.0 Å². The molecule has 0 radical (unpaired) electrons. The minimum absolute atomic E-state index is 0.0328. The number of nitrogens with one attached hydrogen (secondary N) is 3. The topological polar surface area (TPSA) is 85.8 Å². The average Bonchev–Trinajstić information content (AvgIpc) is 2.40. The Morgan fingerprint density at radius 3 is 2.52 bits per heavy atom. The summed E-state index contributed by atoms with van der Waals surface area (Å²) < 4.78 is 0. The molecule has 0 aromatic rings. The molecule has 0 aromatic carbocycles. The van der Waals surface area contributed by atoms with Crippen LogP contribution in [0.5, 0.6) is 0 Å². The molecule has 1 aliphatic rings. The van der Waals surface area contributed by atoms with E-state index in [-0.39, 0.29) is 18.1 Å². The van der Waals surface area contributed by atoms with Gasteiger partial charge >= 0.3 is 0 Å². The predicted molar refractivity (Wildman–Crippen MR) is 85.3 cm³/mol.